The minimum atomic E-state index is 0.316. The number of anilines is 3. The zero-order valence-electron chi connectivity index (χ0n) is 17.3. The molecular weight excluding hydrogens is 368 g/mol. The Morgan fingerprint density at radius 3 is 2.07 bits per heavy atom. The van der Waals surface area contributed by atoms with Gasteiger partial charge in [-0.1, -0.05) is 0 Å². The highest BCUT2D eigenvalue weighted by molar-refractivity contribution is 5.90. The molecule has 1 aromatic carbocycles. The van der Waals surface area contributed by atoms with Gasteiger partial charge in [-0.3, -0.25) is 0 Å². The molecular formula is C21H26N6O2. The fourth-order valence-electron chi connectivity index (χ4n) is 3.75. The van der Waals surface area contributed by atoms with E-state index >= 15 is 0 Å². The van der Waals surface area contributed by atoms with E-state index in [1.807, 2.05) is 25.1 Å². The Balaban J connectivity index is 1.59. The number of fused-ring (bicyclic) bond motifs is 1. The van der Waals surface area contributed by atoms with Gasteiger partial charge >= 0.3 is 0 Å². The molecule has 0 radical (unpaired) electrons. The number of nitrogens with zero attached hydrogens (tertiary/aromatic N) is 5. The molecule has 3 heterocycles. The van der Waals surface area contributed by atoms with Crippen LogP contribution in [-0.2, 0) is 0 Å². The molecule has 0 unspecified atom stereocenters. The molecule has 1 saturated heterocycles. The molecule has 0 aliphatic carbocycles. The number of methoxy groups -OCH3 is 2. The van der Waals surface area contributed by atoms with Crippen LogP contribution in [0, 0.1) is 13.8 Å². The molecule has 2 aromatic heterocycles. The summed E-state index contributed by atoms with van der Waals surface area (Å²) in [6.45, 7) is 7.40. The summed E-state index contributed by atoms with van der Waals surface area (Å²) in [7, 11) is 3.32. The first-order valence-electron chi connectivity index (χ1n) is 9.63. The van der Waals surface area contributed by atoms with Crippen molar-refractivity contribution in [2.45, 2.75) is 13.8 Å². The maximum atomic E-state index is 5.81. The van der Waals surface area contributed by atoms with Gasteiger partial charge in [0.2, 0.25) is 5.95 Å². The number of aryl methyl sites for hydroxylation is 2. The summed E-state index contributed by atoms with van der Waals surface area (Å²) in [5.74, 6) is 3.63. The van der Waals surface area contributed by atoms with Crippen LogP contribution in [0.5, 0.6) is 11.5 Å². The third-order valence-corrected chi connectivity index (χ3v) is 5.29. The molecule has 29 heavy (non-hydrogen) atoms. The molecule has 0 atom stereocenters. The van der Waals surface area contributed by atoms with Crippen molar-refractivity contribution >= 4 is 28.5 Å². The molecule has 1 aliphatic rings. The Kier molecular flexibility index (Phi) is 5.00. The number of pyridine rings is 1. The average Bonchev–Trinajstić information content (AvgIpc) is 2.72. The molecule has 0 bridgehead atoms. The van der Waals surface area contributed by atoms with Crippen LogP contribution in [-0.4, -0.2) is 55.4 Å². The van der Waals surface area contributed by atoms with Crippen LogP contribution in [0.25, 0.3) is 10.9 Å². The fourth-order valence-corrected chi connectivity index (χ4v) is 3.75. The van der Waals surface area contributed by atoms with E-state index in [1.165, 1.54) is 0 Å². The normalized spacial score (nSPS) is 14.3. The number of benzene rings is 1. The van der Waals surface area contributed by atoms with Gasteiger partial charge in [0.25, 0.3) is 0 Å². The second kappa shape index (κ2) is 7.62. The van der Waals surface area contributed by atoms with Gasteiger partial charge in [-0.15, -0.1) is 0 Å². The predicted molar refractivity (Wildman–Crippen MR) is 115 cm³/mol. The monoisotopic (exact) mass is 394 g/mol. The standard InChI is InChI=1S/C21H26N6O2/c1-13-9-18(24-20-16(13)11-15(28-3)12-17(20)29-4)26-5-7-27(8-6-26)19-10-14(2)23-21(22)25-19/h9-12H,5-8H2,1-4H3,(H2,22,23,25). The van der Waals surface area contributed by atoms with Gasteiger partial charge < -0.3 is 25.0 Å². The Labute approximate surface area is 170 Å². The molecule has 2 N–H and O–H groups in total. The van der Waals surface area contributed by atoms with E-state index in [0.29, 0.717) is 5.95 Å². The number of nitrogen functional groups attached to an aromatic ring is 1. The Morgan fingerprint density at radius 1 is 0.828 bits per heavy atom. The zero-order chi connectivity index (χ0) is 20.5. The second-order valence-corrected chi connectivity index (χ2v) is 7.22. The fraction of sp³-hybridized carbons (Fsp3) is 0.381. The van der Waals surface area contributed by atoms with Crippen LogP contribution >= 0.6 is 0 Å². The summed E-state index contributed by atoms with van der Waals surface area (Å²) < 4.78 is 11.0. The predicted octanol–water partition coefficient (Wildman–Crippen LogP) is 2.57. The van der Waals surface area contributed by atoms with Crippen LogP contribution < -0.4 is 25.0 Å². The van der Waals surface area contributed by atoms with E-state index in [1.54, 1.807) is 14.2 Å². The van der Waals surface area contributed by atoms with Gasteiger partial charge in [0.05, 0.1) is 14.2 Å². The lowest BCUT2D eigenvalue weighted by Crippen LogP contribution is -2.47. The van der Waals surface area contributed by atoms with Crippen LogP contribution in [0.4, 0.5) is 17.6 Å². The van der Waals surface area contributed by atoms with Crippen LogP contribution in [0.1, 0.15) is 11.3 Å². The molecule has 1 aliphatic heterocycles. The number of rotatable bonds is 4. The molecule has 0 amide bonds. The molecule has 4 rings (SSSR count). The van der Waals surface area contributed by atoms with Gasteiger partial charge in [0, 0.05) is 49.4 Å². The van der Waals surface area contributed by atoms with Crippen molar-refractivity contribution in [2.24, 2.45) is 0 Å². The molecule has 152 valence electrons. The molecule has 0 saturated carbocycles. The van der Waals surface area contributed by atoms with E-state index in [-0.39, 0.29) is 0 Å². The van der Waals surface area contributed by atoms with E-state index in [9.17, 15) is 0 Å². The first-order chi connectivity index (χ1) is 14.0. The number of piperazine rings is 1. The SMILES string of the molecule is COc1cc(OC)c2nc(N3CCN(c4cc(C)nc(N)n4)CC3)cc(C)c2c1. The third-order valence-electron chi connectivity index (χ3n) is 5.29. The third kappa shape index (κ3) is 3.70. The van der Waals surface area contributed by atoms with E-state index in [4.69, 9.17) is 20.2 Å². The summed E-state index contributed by atoms with van der Waals surface area (Å²) >= 11 is 0. The number of hydrogen-bond donors (Lipinski definition) is 1. The number of hydrogen-bond acceptors (Lipinski definition) is 8. The van der Waals surface area contributed by atoms with E-state index in [0.717, 1.165) is 71.5 Å². The first kappa shape index (κ1) is 19.0. The highest BCUT2D eigenvalue weighted by Crippen LogP contribution is 2.34. The Bertz CT molecular complexity index is 1030. The summed E-state index contributed by atoms with van der Waals surface area (Å²) in [5.41, 5.74) is 8.69. The van der Waals surface area contributed by atoms with E-state index in [2.05, 4.69) is 32.8 Å². The summed E-state index contributed by atoms with van der Waals surface area (Å²) in [5, 5.41) is 1.04. The van der Waals surface area contributed by atoms with Gasteiger partial charge in [-0.05, 0) is 31.5 Å². The zero-order valence-corrected chi connectivity index (χ0v) is 17.3. The van der Waals surface area contributed by atoms with Crippen LogP contribution in [0.3, 0.4) is 0 Å². The number of ether oxygens (including phenoxy) is 2. The quantitative estimate of drug-likeness (QED) is 0.722. The minimum Gasteiger partial charge on any atom is -0.497 e. The molecule has 0 spiro atoms. The lowest BCUT2D eigenvalue weighted by atomic mass is 10.1. The van der Waals surface area contributed by atoms with Crippen molar-refractivity contribution in [3.63, 3.8) is 0 Å². The molecule has 3 aromatic rings. The molecule has 8 nitrogen and oxygen atoms in total. The van der Waals surface area contributed by atoms with Crippen molar-refractivity contribution < 1.29 is 9.47 Å². The summed E-state index contributed by atoms with van der Waals surface area (Å²) in [4.78, 5) is 18.0. The number of aromatic nitrogens is 3. The van der Waals surface area contributed by atoms with Gasteiger partial charge in [0.1, 0.15) is 28.7 Å². The van der Waals surface area contributed by atoms with Gasteiger partial charge in [-0.25, -0.2) is 9.97 Å². The van der Waals surface area contributed by atoms with Crippen molar-refractivity contribution in [1.82, 2.24) is 15.0 Å². The summed E-state index contributed by atoms with van der Waals surface area (Å²) in [6.07, 6.45) is 0. The van der Waals surface area contributed by atoms with Crippen molar-refractivity contribution in [1.29, 1.82) is 0 Å². The van der Waals surface area contributed by atoms with E-state index < -0.39 is 0 Å². The molecule has 8 heteroatoms. The topological polar surface area (TPSA) is 89.6 Å². The first-order valence-corrected chi connectivity index (χ1v) is 9.63. The Morgan fingerprint density at radius 2 is 1.48 bits per heavy atom. The summed E-state index contributed by atoms with van der Waals surface area (Å²) in [6, 6.07) is 7.98. The molecule has 1 fully saturated rings. The smallest absolute Gasteiger partial charge is 0.222 e. The minimum absolute atomic E-state index is 0.316. The highest BCUT2D eigenvalue weighted by atomic mass is 16.5. The largest absolute Gasteiger partial charge is 0.497 e. The van der Waals surface area contributed by atoms with Crippen LogP contribution in [0.2, 0.25) is 0 Å². The Hall–Kier alpha value is -3.29. The van der Waals surface area contributed by atoms with Crippen molar-refractivity contribution in [3.8, 4) is 11.5 Å². The van der Waals surface area contributed by atoms with Gasteiger partial charge in [-0.2, -0.15) is 4.98 Å². The second-order valence-electron chi connectivity index (χ2n) is 7.22. The van der Waals surface area contributed by atoms with Crippen molar-refractivity contribution in [3.05, 3.63) is 35.5 Å². The van der Waals surface area contributed by atoms with Crippen LogP contribution in [0.15, 0.2) is 24.3 Å². The van der Waals surface area contributed by atoms with Crippen molar-refractivity contribution in [2.75, 3.05) is 55.9 Å². The number of nitrogens with two attached hydrogens (primary N) is 1. The average molecular weight is 394 g/mol. The maximum absolute atomic E-state index is 5.81. The lowest BCUT2D eigenvalue weighted by molar-refractivity contribution is 0.397. The highest BCUT2D eigenvalue weighted by Gasteiger charge is 2.21. The maximum Gasteiger partial charge on any atom is 0.222 e. The lowest BCUT2D eigenvalue weighted by Gasteiger charge is -2.36. The van der Waals surface area contributed by atoms with Gasteiger partial charge in [0.15, 0.2) is 0 Å².